The number of rotatable bonds is 6. The first-order valence-corrected chi connectivity index (χ1v) is 12.3. The standard InChI is InChI=1S/C26H34N2O2S/c1-26(2,3)25-27-23-15-22(31-17-19-7-11-21(30-4)12-8-19)13-14-24(23)28(25)16-18-5-9-20(29)10-6-18/h7-8,11-15,18,20,29H,5-6,9-10,16-17H2,1-4H3. The maximum Gasteiger partial charge on any atom is 0.118 e. The Balaban J connectivity index is 1.55. The predicted molar refractivity (Wildman–Crippen MR) is 129 cm³/mol. The predicted octanol–water partition coefficient (Wildman–Crippen LogP) is 6.19. The number of fused-ring (bicyclic) bond motifs is 1. The molecule has 0 unspecified atom stereocenters. The Morgan fingerprint density at radius 2 is 1.77 bits per heavy atom. The molecule has 1 aliphatic carbocycles. The van der Waals surface area contributed by atoms with Gasteiger partial charge in [-0.1, -0.05) is 32.9 Å². The molecule has 0 saturated heterocycles. The fourth-order valence-electron chi connectivity index (χ4n) is 4.43. The number of aromatic nitrogens is 2. The number of hydrogen-bond donors (Lipinski definition) is 1. The molecule has 31 heavy (non-hydrogen) atoms. The summed E-state index contributed by atoms with van der Waals surface area (Å²) in [7, 11) is 1.70. The first-order valence-electron chi connectivity index (χ1n) is 11.3. The van der Waals surface area contributed by atoms with Crippen molar-refractivity contribution in [3.8, 4) is 5.75 Å². The molecule has 0 radical (unpaired) electrons. The minimum atomic E-state index is -0.108. The first kappa shape index (κ1) is 22.2. The largest absolute Gasteiger partial charge is 0.497 e. The monoisotopic (exact) mass is 438 g/mol. The highest BCUT2D eigenvalue weighted by molar-refractivity contribution is 7.98. The van der Waals surface area contributed by atoms with E-state index in [1.165, 1.54) is 16.0 Å². The number of aliphatic hydroxyl groups excluding tert-OH is 1. The van der Waals surface area contributed by atoms with Crippen molar-refractivity contribution in [2.45, 2.75) is 75.2 Å². The third-order valence-electron chi connectivity index (χ3n) is 6.21. The van der Waals surface area contributed by atoms with Crippen LogP contribution in [0.15, 0.2) is 47.4 Å². The maximum atomic E-state index is 9.87. The van der Waals surface area contributed by atoms with E-state index in [9.17, 15) is 5.11 Å². The van der Waals surface area contributed by atoms with Crippen LogP contribution in [-0.2, 0) is 17.7 Å². The van der Waals surface area contributed by atoms with Gasteiger partial charge in [-0.2, -0.15) is 0 Å². The molecular formula is C26H34N2O2S. The van der Waals surface area contributed by atoms with Crippen molar-refractivity contribution in [1.29, 1.82) is 0 Å². The van der Waals surface area contributed by atoms with Gasteiger partial charge < -0.3 is 14.4 Å². The van der Waals surface area contributed by atoms with Crippen molar-refractivity contribution in [2.75, 3.05) is 7.11 Å². The van der Waals surface area contributed by atoms with Crippen LogP contribution in [0.4, 0.5) is 0 Å². The van der Waals surface area contributed by atoms with Gasteiger partial charge in [0, 0.05) is 22.6 Å². The van der Waals surface area contributed by atoms with E-state index in [4.69, 9.17) is 9.72 Å². The third kappa shape index (κ3) is 5.27. The number of methoxy groups -OCH3 is 1. The lowest BCUT2D eigenvalue weighted by Crippen LogP contribution is -2.25. The molecule has 166 valence electrons. The van der Waals surface area contributed by atoms with Crippen molar-refractivity contribution in [3.05, 3.63) is 53.9 Å². The number of imidazole rings is 1. The second kappa shape index (κ2) is 9.25. The molecule has 0 atom stereocenters. The summed E-state index contributed by atoms with van der Waals surface area (Å²) >= 11 is 1.84. The van der Waals surface area contributed by atoms with Gasteiger partial charge in [-0.3, -0.25) is 0 Å². The smallest absolute Gasteiger partial charge is 0.118 e. The minimum absolute atomic E-state index is 0.0103. The molecule has 4 rings (SSSR count). The molecule has 0 aliphatic heterocycles. The van der Waals surface area contributed by atoms with Gasteiger partial charge in [0.15, 0.2) is 0 Å². The van der Waals surface area contributed by atoms with Crippen molar-refractivity contribution in [1.82, 2.24) is 9.55 Å². The molecular weight excluding hydrogens is 404 g/mol. The van der Waals surface area contributed by atoms with Gasteiger partial charge >= 0.3 is 0 Å². The Hall–Kier alpha value is -1.98. The molecule has 3 aromatic rings. The summed E-state index contributed by atoms with van der Waals surface area (Å²) in [6.45, 7) is 7.73. The molecule has 1 heterocycles. The minimum Gasteiger partial charge on any atom is -0.497 e. The van der Waals surface area contributed by atoms with Gasteiger partial charge in [0.1, 0.15) is 11.6 Å². The Morgan fingerprint density at radius 1 is 1.06 bits per heavy atom. The molecule has 4 nitrogen and oxygen atoms in total. The second-order valence-electron chi connectivity index (χ2n) is 9.76. The van der Waals surface area contributed by atoms with Gasteiger partial charge in [0.05, 0.1) is 24.2 Å². The lowest BCUT2D eigenvalue weighted by Gasteiger charge is -2.28. The lowest BCUT2D eigenvalue weighted by molar-refractivity contribution is 0.104. The maximum absolute atomic E-state index is 9.87. The van der Waals surface area contributed by atoms with E-state index in [2.05, 4.69) is 55.7 Å². The molecule has 5 heteroatoms. The number of ether oxygens (including phenoxy) is 1. The van der Waals surface area contributed by atoms with E-state index in [-0.39, 0.29) is 11.5 Å². The highest BCUT2D eigenvalue weighted by Gasteiger charge is 2.26. The summed E-state index contributed by atoms with van der Waals surface area (Å²) in [5.41, 5.74) is 3.58. The second-order valence-corrected chi connectivity index (χ2v) is 10.8. The first-order chi connectivity index (χ1) is 14.8. The Morgan fingerprint density at radius 3 is 2.42 bits per heavy atom. The van der Waals surface area contributed by atoms with Crippen LogP contribution in [0.25, 0.3) is 11.0 Å². The van der Waals surface area contributed by atoms with Gasteiger partial charge in [0.25, 0.3) is 0 Å². The summed E-state index contributed by atoms with van der Waals surface area (Å²) < 4.78 is 7.69. The van der Waals surface area contributed by atoms with Crippen molar-refractivity contribution in [3.63, 3.8) is 0 Å². The quantitative estimate of drug-likeness (QED) is 0.467. The van der Waals surface area contributed by atoms with Crippen LogP contribution in [0.3, 0.4) is 0 Å². The zero-order chi connectivity index (χ0) is 22.0. The summed E-state index contributed by atoms with van der Waals surface area (Å²) in [6, 6.07) is 15.0. The third-order valence-corrected chi connectivity index (χ3v) is 7.28. The highest BCUT2D eigenvalue weighted by Crippen LogP contribution is 2.33. The molecule has 1 N–H and O–H groups in total. The van der Waals surface area contributed by atoms with E-state index in [1.54, 1.807) is 7.11 Å². The van der Waals surface area contributed by atoms with Crippen molar-refractivity contribution >= 4 is 22.8 Å². The van der Waals surface area contributed by atoms with Crippen LogP contribution < -0.4 is 4.74 Å². The number of thioether (sulfide) groups is 1. The van der Waals surface area contributed by atoms with Gasteiger partial charge in [0.2, 0.25) is 0 Å². The van der Waals surface area contributed by atoms with Crippen LogP contribution >= 0.6 is 11.8 Å². The molecule has 1 aromatic heterocycles. The van der Waals surface area contributed by atoms with Crippen molar-refractivity contribution < 1.29 is 9.84 Å². The fraction of sp³-hybridized carbons (Fsp3) is 0.500. The lowest BCUT2D eigenvalue weighted by atomic mass is 9.87. The SMILES string of the molecule is COc1ccc(CSc2ccc3c(c2)nc(C(C)(C)C)n3CC2CCC(O)CC2)cc1. The topological polar surface area (TPSA) is 47.3 Å². The molecule has 1 aliphatic rings. The fourth-order valence-corrected chi connectivity index (χ4v) is 5.32. The van der Waals surface area contributed by atoms with Crippen LogP contribution in [-0.4, -0.2) is 27.9 Å². The summed E-state index contributed by atoms with van der Waals surface area (Å²) in [5.74, 6) is 3.59. The molecule has 2 aromatic carbocycles. The average Bonchev–Trinajstić information content (AvgIpc) is 3.12. The van der Waals surface area contributed by atoms with Gasteiger partial charge in [-0.25, -0.2) is 4.98 Å². The molecule has 1 fully saturated rings. The van der Waals surface area contributed by atoms with Crippen LogP contribution in [0.5, 0.6) is 5.75 Å². The number of benzene rings is 2. The number of aliphatic hydroxyl groups is 1. The van der Waals surface area contributed by atoms with Crippen LogP contribution in [0.2, 0.25) is 0 Å². The Kier molecular flexibility index (Phi) is 6.63. The zero-order valence-electron chi connectivity index (χ0n) is 19.1. The van der Waals surface area contributed by atoms with Crippen LogP contribution in [0, 0.1) is 5.92 Å². The van der Waals surface area contributed by atoms with Crippen LogP contribution in [0.1, 0.15) is 57.8 Å². The van der Waals surface area contributed by atoms with E-state index < -0.39 is 0 Å². The summed E-state index contributed by atoms with van der Waals surface area (Å²) in [5, 5.41) is 9.87. The average molecular weight is 439 g/mol. The van der Waals surface area contributed by atoms with Crippen molar-refractivity contribution in [2.24, 2.45) is 5.92 Å². The van der Waals surface area contributed by atoms with Gasteiger partial charge in [-0.15, -0.1) is 11.8 Å². The molecule has 0 bridgehead atoms. The van der Waals surface area contributed by atoms with E-state index in [1.807, 2.05) is 23.9 Å². The Bertz CT molecular complexity index is 1010. The number of nitrogens with zero attached hydrogens (tertiary/aromatic N) is 2. The molecule has 0 amide bonds. The Labute approximate surface area is 190 Å². The van der Waals surface area contributed by atoms with E-state index in [0.29, 0.717) is 5.92 Å². The summed E-state index contributed by atoms with van der Waals surface area (Å²) in [6.07, 6.45) is 3.94. The zero-order valence-corrected chi connectivity index (χ0v) is 19.9. The van der Waals surface area contributed by atoms with E-state index in [0.717, 1.165) is 55.1 Å². The van der Waals surface area contributed by atoms with E-state index >= 15 is 0 Å². The highest BCUT2D eigenvalue weighted by atomic mass is 32.2. The normalized spacial score (nSPS) is 19.6. The molecule has 0 spiro atoms. The van der Waals surface area contributed by atoms with Gasteiger partial charge in [-0.05, 0) is 67.5 Å². The summed E-state index contributed by atoms with van der Waals surface area (Å²) in [4.78, 5) is 6.33. The number of hydrogen-bond acceptors (Lipinski definition) is 4. The molecule has 1 saturated carbocycles.